The Bertz CT molecular complexity index is 654. The summed E-state index contributed by atoms with van der Waals surface area (Å²) < 4.78 is 2.37. The van der Waals surface area contributed by atoms with Crippen LogP contribution in [-0.2, 0) is 0 Å². The van der Waals surface area contributed by atoms with E-state index in [1.54, 1.807) is 0 Å². The van der Waals surface area contributed by atoms with Crippen LogP contribution in [0.1, 0.15) is 27.7 Å². The van der Waals surface area contributed by atoms with Gasteiger partial charge in [-0.25, -0.2) is 9.48 Å². The fourth-order valence-corrected chi connectivity index (χ4v) is 2.81. The molecule has 0 N–H and O–H groups in total. The summed E-state index contributed by atoms with van der Waals surface area (Å²) in [6, 6.07) is 14.1. The van der Waals surface area contributed by atoms with E-state index in [0.717, 1.165) is 0 Å². The zero-order valence-corrected chi connectivity index (χ0v) is 14.1. The highest BCUT2D eigenvalue weighted by Crippen LogP contribution is 2.38. The molecule has 20 heavy (non-hydrogen) atoms. The Morgan fingerprint density at radius 1 is 0.950 bits per heavy atom. The van der Waals surface area contributed by atoms with E-state index in [1.807, 2.05) is 0 Å². The number of anilines is 1. The van der Waals surface area contributed by atoms with Crippen LogP contribution in [0.25, 0.3) is 10.8 Å². The average molecular weight is 333 g/mol. The van der Waals surface area contributed by atoms with Crippen molar-refractivity contribution in [1.29, 1.82) is 0 Å². The van der Waals surface area contributed by atoms with Crippen LogP contribution in [0.3, 0.4) is 0 Å². The molecule has 0 fully saturated rings. The van der Waals surface area contributed by atoms with E-state index in [9.17, 15) is 0 Å². The molecule has 0 aromatic heterocycles. The molecule has 0 atom stereocenters. The zero-order chi connectivity index (χ0) is 13.6. The van der Waals surface area contributed by atoms with Crippen LogP contribution in [0.15, 0.2) is 36.4 Å². The van der Waals surface area contributed by atoms with Crippen molar-refractivity contribution in [3.05, 3.63) is 36.4 Å². The normalized spacial score (nSPS) is 13.7. The maximum atomic E-state index is 2.37. The van der Waals surface area contributed by atoms with Crippen LogP contribution in [0.2, 0.25) is 0 Å². The maximum Gasteiger partial charge on any atom is 0.244 e. The van der Waals surface area contributed by atoms with Crippen LogP contribution in [0.5, 0.6) is 0 Å². The van der Waals surface area contributed by atoms with Gasteiger partial charge >= 0.3 is 0 Å². The fraction of sp³-hybridized carbons (Fsp3) is 0.353. The Labute approximate surface area is 131 Å². The zero-order valence-electron chi connectivity index (χ0n) is 12.5. The first-order valence-electron chi connectivity index (χ1n) is 7.03. The van der Waals surface area contributed by atoms with Gasteiger partial charge in [-0.15, -0.1) is 0 Å². The molecule has 0 spiro atoms. The molecule has 2 aromatic rings. The van der Waals surface area contributed by atoms with Gasteiger partial charge in [0.05, 0.1) is 17.5 Å². The number of benzene rings is 2. The summed E-state index contributed by atoms with van der Waals surface area (Å²) in [7, 11) is 0. The van der Waals surface area contributed by atoms with Crippen molar-refractivity contribution in [2.75, 3.05) is 4.90 Å². The Hall–Kier alpha value is -1.35. The molecule has 106 valence electrons. The number of halogens is 1. The van der Waals surface area contributed by atoms with E-state index in [-0.39, 0.29) is 17.0 Å². The number of hydrogen-bond donors (Lipinski definition) is 0. The molecule has 0 saturated carbocycles. The van der Waals surface area contributed by atoms with Gasteiger partial charge in [0.2, 0.25) is 6.34 Å². The lowest BCUT2D eigenvalue weighted by Gasteiger charge is -2.27. The van der Waals surface area contributed by atoms with Crippen molar-refractivity contribution in [1.82, 2.24) is 0 Å². The lowest BCUT2D eigenvalue weighted by atomic mass is 10.0. The topological polar surface area (TPSA) is 6.25 Å². The third-order valence-corrected chi connectivity index (χ3v) is 3.78. The van der Waals surface area contributed by atoms with Gasteiger partial charge in [-0.2, -0.15) is 0 Å². The van der Waals surface area contributed by atoms with E-state index in [4.69, 9.17) is 0 Å². The number of nitrogens with zero attached hydrogens (tertiary/aromatic N) is 2. The molecule has 3 rings (SSSR count). The van der Waals surface area contributed by atoms with Crippen molar-refractivity contribution in [2.24, 2.45) is 0 Å². The second-order valence-corrected chi connectivity index (χ2v) is 5.77. The largest absolute Gasteiger partial charge is 1.00 e. The standard InChI is InChI=1S/C17H21N2.BrH/c1-12(2)18-11-19(13(3)4)16-10-6-8-14-7-5-9-15(18)17(14)16;/h5-13H,1-4H3;1H/q+1;/p-1. The Morgan fingerprint density at radius 3 is 2.20 bits per heavy atom. The van der Waals surface area contributed by atoms with Gasteiger partial charge in [0.1, 0.15) is 11.4 Å². The molecule has 0 bridgehead atoms. The third kappa shape index (κ3) is 2.24. The average Bonchev–Trinajstić information content (AvgIpc) is 2.39. The van der Waals surface area contributed by atoms with Crippen molar-refractivity contribution < 1.29 is 21.6 Å². The van der Waals surface area contributed by atoms with Crippen molar-refractivity contribution in [3.63, 3.8) is 0 Å². The summed E-state index contributed by atoms with van der Waals surface area (Å²) in [4.78, 5) is 2.37. The van der Waals surface area contributed by atoms with Crippen LogP contribution in [0.4, 0.5) is 11.4 Å². The van der Waals surface area contributed by atoms with Crippen molar-refractivity contribution >= 4 is 28.5 Å². The molecule has 2 nitrogen and oxygen atoms in total. The first-order chi connectivity index (χ1) is 9.09. The lowest BCUT2D eigenvalue weighted by molar-refractivity contribution is -0.471. The van der Waals surface area contributed by atoms with Gasteiger partial charge in [-0.05, 0) is 45.2 Å². The van der Waals surface area contributed by atoms with Gasteiger partial charge in [0.15, 0.2) is 0 Å². The van der Waals surface area contributed by atoms with E-state index < -0.39 is 0 Å². The predicted molar refractivity (Wildman–Crippen MR) is 82.7 cm³/mol. The first kappa shape index (κ1) is 15.0. The molecule has 1 aliphatic heterocycles. The quantitative estimate of drug-likeness (QED) is 0.748. The van der Waals surface area contributed by atoms with E-state index in [2.05, 4.69) is 79.9 Å². The summed E-state index contributed by atoms with van der Waals surface area (Å²) in [6.07, 6.45) is 2.26. The maximum absolute atomic E-state index is 2.37. The smallest absolute Gasteiger partial charge is 0.244 e. The van der Waals surface area contributed by atoms with Gasteiger partial charge in [0, 0.05) is 0 Å². The van der Waals surface area contributed by atoms with Gasteiger partial charge in [-0.1, -0.05) is 24.3 Å². The number of hydrogen-bond acceptors (Lipinski definition) is 1. The second kappa shape index (κ2) is 5.57. The molecule has 0 unspecified atom stereocenters. The highest BCUT2D eigenvalue weighted by Gasteiger charge is 2.28. The Morgan fingerprint density at radius 2 is 1.60 bits per heavy atom. The molecular weight excluding hydrogens is 312 g/mol. The fourth-order valence-electron chi connectivity index (χ4n) is 2.81. The SMILES string of the molecule is CC(C)N1C=[N+](C(C)C)c2cccc3cccc1c23.[Br-]. The molecule has 0 radical (unpaired) electrons. The number of rotatable bonds is 2. The van der Waals surface area contributed by atoms with E-state index >= 15 is 0 Å². The molecule has 0 saturated heterocycles. The minimum atomic E-state index is 0. The molecule has 0 aliphatic carbocycles. The van der Waals surface area contributed by atoms with Crippen LogP contribution in [-0.4, -0.2) is 23.0 Å². The molecule has 1 heterocycles. The summed E-state index contributed by atoms with van der Waals surface area (Å²) in [5.74, 6) is 0. The van der Waals surface area contributed by atoms with Crippen LogP contribution < -0.4 is 21.9 Å². The summed E-state index contributed by atoms with van der Waals surface area (Å²) in [5, 5.41) is 2.69. The highest BCUT2D eigenvalue weighted by molar-refractivity contribution is 6.06. The first-order valence-corrected chi connectivity index (χ1v) is 7.03. The summed E-state index contributed by atoms with van der Waals surface area (Å²) >= 11 is 0. The summed E-state index contributed by atoms with van der Waals surface area (Å²) in [6.45, 7) is 8.95. The predicted octanol–water partition coefficient (Wildman–Crippen LogP) is 1.15. The molecule has 3 heteroatoms. The van der Waals surface area contributed by atoms with Gasteiger partial charge in [0.25, 0.3) is 0 Å². The van der Waals surface area contributed by atoms with Gasteiger partial charge < -0.3 is 17.0 Å². The van der Waals surface area contributed by atoms with Gasteiger partial charge in [-0.3, -0.25) is 0 Å². The minimum absolute atomic E-state index is 0. The Balaban J connectivity index is 0.00000147. The Kier molecular flexibility index (Phi) is 4.19. The monoisotopic (exact) mass is 332 g/mol. The second-order valence-electron chi connectivity index (χ2n) is 5.77. The molecule has 0 amide bonds. The van der Waals surface area contributed by atoms with E-state index in [0.29, 0.717) is 12.1 Å². The van der Waals surface area contributed by atoms with Crippen LogP contribution >= 0.6 is 0 Å². The molecule has 2 aromatic carbocycles. The summed E-state index contributed by atoms with van der Waals surface area (Å²) in [5.41, 5.74) is 2.64. The van der Waals surface area contributed by atoms with E-state index in [1.165, 1.54) is 22.1 Å². The molecular formula is C17H21BrN2. The molecule has 1 aliphatic rings. The lowest BCUT2D eigenvalue weighted by Crippen LogP contribution is -3.00. The van der Waals surface area contributed by atoms with Crippen molar-refractivity contribution in [2.45, 2.75) is 39.8 Å². The van der Waals surface area contributed by atoms with Crippen LogP contribution in [0, 0.1) is 0 Å². The highest BCUT2D eigenvalue weighted by atomic mass is 79.9. The minimum Gasteiger partial charge on any atom is -1.00 e. The van der Waals surface area contributed by atoms with Crippen molar-refractivity contribution in [3.8, 4) is 0 Å². The third-order valence-electron chi connectivity index (χ3n) is 3.78.